The number of benzene rings is 2. The lowest BCUT2D eigenvalue weighted by molar-refractivity contribution is 1.14. The molecule has 18 heavy (non-hydrogen) atoms. The van der Waals surface area contributed by atoms with Gasteiger partial charge in [0.05, 0.1) is 20.2 Å². The number of anilines is 1. The summed E-state index contributed by atoms with van der Waals surface area (Å²) in [5.74, 6) is 0. The van der Waals surface area contributed by atoms with E-state index in [4.69, 9.17) is 23.2 Å². The molecule has 0 unspecified atom stereocenters. The van der Waals surface area contributed by atoms with Crippen LogP contribution < -0.4 is 5.32 Å². The van der Waals surface area contributed by atoms with E-state index in [2.05, 4.69) is 37.2 Å². The van der Waals surface area contributed by atoms with E-state index in [1.165, 1.54) is 0 Å². The Balaban J connectivity index is 2.11. The normalized spacial score (nSPS) is 10.4. The molecule has 0 fully saturated rings. The molecule has 0 bridgehead atoms. The SMILES string of the molecule is Clc1cc(CNc2cccc(Cl)c2Br)ccc1Br. The van der Waals surface area contributed by atoms with Crippen LogP contribution in [0.15, 0.2) is 45.3 Å². The molecular weight excluding hydrogens is 401 g/mol. The molecule has 0 aliphatic rings. The van der Waals surface area contributed by atoms with E-state index in [9.17, 15) is 0 Å². The third-order valence-corrected chi connectivity index (χ3v) is 5.05. The second-order valence-corrected chi connectivity index (χ2v) is 6.17. The van der Waals surface area contributed by atoms with Crippen molar-refractivity contribution in [3.05, 3.63) is 61.0 Å². The largest absolute Gasteiger partial charge is 0.380 e. The lowest BCUT2D eigenvalue weighted by Gasteiger charge is -2.10. The van der Waals surface area contributed by atoms with E-state index in [1.54, 1.807) is 0 Å². The van der Waals surface area contributed by atoms with E-state index < -0.39 is 0 Å². The highest BCUT2D eigenvalue weighted by Gasteiger charge is 2.04. The van der Waals surface area contributed by atoms with Crippen LogP contribution in [-0.4, -0.2) is 0 Å². The van der Waals surface area contributed by atoms with Crippen molar-refractivity contribution in [1.29, 1.82) is 0 Å². The Morgan fingerprint density at radius 3 is 2.50 bits per heavy atom. The molecule has 2 aromatic carbocycles. The maximum atomic E-state index is 6.05. The Bertz CT molecular complexity index is 573. The van der Waals surface area contributed by atoms with Crippen molar-refractivity contribution >= 4 is 60.7 Å². The van der Waals surface area contributed by atoms with Crippen LogP contribution in [0.1, 0.15) is 5.56 Å². The fraction of sp³-hybridized carbons (Fsp3) is 0.0769. The number of nitrogens with one attached hydrogen (secondary N) is 1. The molecule has 0 heterocycles. The molecule has 1 N–H and O–H groups in total. The molecule has 2 rings (SSSR count). The van der Waals surface area contributed by atoms with Crippen LogP contribution in [0, 0.1) is 0 Å². The smallest absolute Gasteiger partial charge is 0.0593 e. The molecule has 0 aromatic heterocycles. The summed E-state index contributed by atoms with van der Waals surface area (Å²) in [5, 5.41) is 4.71. The fourth-order valence-electron chi connectivity index (χ4n) is 1.49. The maximum absolute atomic E-state index is 6.05. The summed E-state index contributed by atoms with van der Waals surface area (Å²) in [7, 11) is 0. The van der Waals surface area contributed by atoms with Crippen molar-refractivity contribution in [1.82, 2.24) is 0 Å². The van der Waals surface area contributed by atoms with Gasteiger partial charge in [0, 0.05) is 11.0 Å². The van der Waals surface area contributed by atoms with E-state index in [1.807, 2.05) is 36.4 Å². The van der Waals surface area contributed by atoms with E-state index >= 15 is 0 Å². The van der Waals surface area contributed by atoms with Gasteiger partial charge in [-0.1, -0.05) is 35.3 Å². The van der Waals surface area contributed by atoms with Crippen molar-refractivity contribution in [2.24, 2.45) is 0 Å². The summed E-state index contributed by atoms with van der Waals surface area (Å²) >= 11 is 18.9. The van der Waals surface area contributed by atoms with Gasteiger partial charge >= 0.3 is 0 Å². The van der Waals surface area contributed by atoms with Crippen molar-refractivity contribution < 1.29 is 0 Å². The molecule has 0 amide bonds. The van der Waals surface area contributed by atoms with E-state index in [-0.39, 0.29) is 0 Å². The first-order valence-corrected chi connectivity index (χ1v) is 7.54. The van der Waals surface area contributed by atoms with Crippen LogP contribution in [0.25, 0.3) is 0 Å². The Morgan fingerprint density at radius 1 is 1.00 bits per heavy atom. The van der Waals surface area contributed by atoms with Gasteiger partial charge in [0.2, 0.25) is 0 Å². The molecule has 5 heteroatoms. The topological polar surface area (TPSA) is 12.0 Å². The molecule has 0 spiro atoms. The van der Waals surface area contributed by atoms with Crippen molar-refractivity contribution in [3.63, 3.8) is 0 Å². The minimum absolute atomic E-state index is 0.686. The van der Waals surface area contributed by atoms with Gasteiger partial charge in [0.25, 0.3) is 0 Å². The quantitative estimate of drug-likeness (QED) is 0.642. The average Bonchev–Trinajstić information content (AvgIpc) is 2.35. The lowest BCUT2D eigenvalue weighted by Crippen LogP contribution is -2.00. The Kier molecular flexibility index (Phi) is 4.96. The summed E-state index contributed by atoms with van der Waals surface area (Å²) in [6, 6.07) is 11.6. The minimum atomic E-state index is 0.686. The third-order valence-electron chi connectivity index (χ3n) is 2.42. The van der Waals surface area contributed by atoms with Gasteiger partial charge in [-0.3, -0.25) is 0 Å². The fourth-order valence-corrected chi connectivity index (χ4v) is 2.52. The first kappa shape index (κ1) is 14.2. The summed E-state index contributed by atoms with van der Waals surface area (Å²) in [4.78, 5) is 0. The molecule has 94 valence electrons. The molecule has 0 aliphatic heterocycles. The van der Waals surface area contributed by atoms with Crippen LogP contribution in [0.5, 0.6) is 0 Å². The van der Waals surface area contributed by atoms with Gasteiger partial charge in [0.1, 0.15) is 0 Å². The predicted molar refractivity (Wildman–Crippen MR) is 85.6 cm³/mol. The lowest BCUT2D eigenvalue weighted by atomic mass is 10.2. The first-order valence-electron chi connectivity index (χ1n) is 5.20. The zero-order valence-corrected chi connectivity index (χ0v) is 13.9. The first-order chi connectivity index (χ1) is 8.58. The standard InChI is InChI=1S/C13H9Br2Cl2N/c14-9-5-4-8(6-11(9)17)7-18-12-3-1-2-10(16)13(12)15/h1-6,18H,7H2. The van der Waals surface area contributed by atoms with Crippen molar-refractivity contribution in [2.75, 3.05) is 5.32 Å². The van der Waals surface area contributed by atoms with Crippen molar-refractivity contribution in [2.45, 2.75) is 6.54 Å². The average molecular weight is 410 g/mol. The van der Waals surface area contributed by atoms with Gasteiger partial charge in [-0.2, -0.15) is 0 Å². The van der Waals surface area contributed by atoms with Gasteiger partial charge in [-0.05, 0) is 61.7 Å². The van der Waals surface area contributed by atoms with E-state index in [0.717, 1.165) is 20.2 Å². The molecule has 0 aliphatic carbocycles. The maximum Gasteiger partial charge on any atom is 0.0593 e. The summed E-state index contributed by atoms with van der Waals surface area (Å²) in [5.41, 5.74) is 2.07. The number of halogens is 4. The molecule has 0 saturated carbocycles. The van der Waals surface area contributed by atoms with Crippen LogP contribution >= 0.6 is 55.1 Å². The minimum Gasteiger partial charge on any atom is -0.380 e. The second-order valence-electron chi connectivity index (χ2n) is 3.70. The molecule has 2 aromatic rings. The highest BCUT2D eigenvalue weighted by atomic mass is 79.9. The van der Waals surface area contributed by atoms with Gasteiger partial charge in [-0.25, -0.2) is 0 Å². The number of rotatable bonds is 3. The van der Waals surface area contributed by atoms with Crippen LogP contribution in [0.2, 0.25) is 10.0 Å². The second kappa shape index (κ2) is 6.29. The van der Waals surface area contributed by atoms with Crippen LogP contribution in [-0.2, 0) is 6.54 Å². The zero-order valence-electron chi connectivity index (χ0n) is 9.18. The number of hydrogen-bond acceptors (Lipinski definition) is 1. The Labute approximate surface area is 133 Å². The van der Waals surface area contributed by atoms with Gasteiger partial charge in [0.15, 0.2) is 0 Å². The molecule has 0 saturated heterocycles. The van der Waals surface area contributed by atoms with Crippen LogP contribution in [0.3, 0.4) is 0 Å². The zero-order chi connectivity index (χ0) is 13.1. The highest BCUT2D eigenvalue weighted by Crippen LogP contribution is 2.30. The summed E-state index contributed by atoms with van der Waals surface area (Å²) in [6.07, 6.45) is 0. The molecule has 1 nitrogen and oxygen atoms in total. The van der Waals surface area contributed by atoms with Gasteiger partial charge < -0.3 is 5.32 Å². The number of hydrogen-bond donors (Lipinski definition) is 1. The molecule has 0 atom stereocenters. The monoisotopic (exact) mass is 407 g/mol. The Morgan fingerprint density at radius 2 is 1.78 bits per heavy atom. The van der Waals surface area contributed by atoms with Gasteiger partial charge in [-0.15, -0.1) is 0 Å². The molecular formula is C13H9Br2Cl2N. The summed E-state index contributed by atoms with van der Waals surface area (Å²) < 4.78 is 1.77. The Hall–Kier alpha value is -0.220. The summed E-state index contributed by atoms with van der Waals surface area (Å²) in [6.45, 7) is 0.686. The van der Waals surface area contributed by atoms with E-state index in [0.29, 0.717) is 16.6 Å². The highest BCUT2D eigenvalue weighted by molar-refractivity contribution is 9.11. The predicted octanol–water partition coefficient (Wildman–Crippen LogP) is 6.13. The molecule has 0 radical (unpaired) electrons. The third kappa shape index (κ3) is 3.41. The van der Waals surface area contributed by atoms with Crippen molar-refractivity contribution in [3.8, 4) is 0 Å². The van der Waals surface area contributed by atoms with Crippen LogP contribution in [0.4, 0.5) is 5.69 Å².